The number of piperazine rings is 1. The molecule has 5 heteroatoms. The van der Waals surface area contributed by atoms with Crippen LogP contribution >= 0.6 is 11.3 Å². The lowest BCUT2D eigenvalue weighted by atomic mass is 10.1. The van der Waals surface area contributed by atoms with Gasteiger partial charge in [-0.3, -0.25) is 9.69 Å². The lowest BCUT2D eigenvalue weighted by Crippen LogP contribution is -2.48. The zero-order valence-corrected chi connectivity index (χ0v) is 19.4. The Kier molecular flexibility index (Phi) is 6.73. The summed E-state index contributed by atoms with van der Waals surface area (Å²) in [6.07, 6.45) is 0. The molecule has 31 heavy (non-hydrogen) atoms. The molecular formula is C26H30N2O2S. The number of thiophene rings is 1. The number of aryl methyl sites for hydroxylation is 3. The van der Waals surface area contributed by atoms with Crippen molar-refractivity contribution in [1.29, 1.82) is 0 Å². The predicted octanol–water partition coefficient (Wildman–Crippen LogP) is 5.21. The Morgan fingerprint density at radius 1 is 0.935 bits per heavy atom. The van der Waals surface area contributed by atoms with Gasteiger partial charge >= 0.3 is 0 Å². The first kappa shape index (κ1) is 21.6. The van der Waals surface area contributed by atoms with Crippen LogP contribution in [0.1, 0.15) is 37.5 Å². The second kappa shape index (κ2) is 9.67. The largest absolute Gasteiger partial charge is 0.488 e. The van der Waals surface area contributed by atoms with Gasteiger partial charge in [0.05, 0.1) is 4.88 Å². The van der Waals surface area contributed by atoms with Crippen molar-refractivity contribution in [3.8, 4) is 5.75 Å². The lowest BCUT2D eigenvalue weighted by molar-refractivity contribution is 0.0633. The molecular weight excluding hydrogens is 404 g/mol. The SMILES string of the molecule is Cc1cccc(CN2CCN(C(=O)c3cc(COc4c(C)cccc4C)cs3)CC2)c1. The van der Waals surface area contributed by atoms with Crippen LogP contribution in [0, 0.1) is 20.8 Å². The Balaban J connectivity index is 1.30. The quantitative estimate of drug-likeness (QED) is 0.534. The van der Waals surface area contributed by atoms with Gasteiger partial charge in [0.25, 0.3) is 5.91 Å². The third-order valence-corrected chi connectivity index (χ3v) is 6.77. The Morgan fingerprint density at radius 2 is 1.65 bits per heavy atom. The van der Waals surface area contributed by atoms with E-state index in [2.05, 4.69) is 62.1 Å². The Bertz CT molecular complexity index is 1030. The third-order valence-electron chi connectivity index (χ3n) is 5.80. The number of para-hydroxylation sites is 1. The molecule has 1 amide bonds. The molecule has 0 saturated carbocycles. The van der Waals surface area contributed by atoms with Crippen molar-refractivity contribution < 1.29 is 9.53 Å². The second-order valence-corrected chi connectivity index (χ2v) is 9.30. The van der Waals surface area contributed by atoms with E-state index < -0.39 is 0 Å². The molecule has 1 aromatic heterocycles. The number of hydrogen-bond donors (Lipinski definition) is 0. The molecule has 0 aliphatic carbocycles. The van der Waals surface area contributed by atoms with Crippen LogP contribution in [-0.4, -0.2) is 41.9 Å². The molecule has 0 N–H and O–H groups in total. The molecule has 4 nitrogen and oxygen atoms in total. The first-order valence-corrected chi connectivity index (χ1v) is 11.7. The minimum Gasteiger partial charge on any atom is -0.488 e. The number of nitrogens with zero attached hydrogens (tertiary/aromatic N) is 2. The highest BCUT2D eigenvalue weighted by Gasteiger charge is 2.23. The van der Waals surface area contributed by atoms with Gasteiger partial charge in [0.15, 0.2) is 0 Å². The summed E-state index contributed by atoms with van der Waals surface area (Å²) in [5.74, 6) is 1.07. The number of ether oxygens (including phenoxy) is 1. The van der Waals surface area contributed by atoms with Gasteiger partial charge in [-0.05, 0) is 48.9 Å². The Morgan fingerprint density at radius 3 is 2.35 bits per heavy atom. The Labute approximate surface area is 189 Å². The summed E-state index contributed by atoms with van der Waals surface area (Å²) in [6.45, 7) is 11.0. The summed E-state index contributed by atoms with van der Waals surface area (Å²) in [7, 11) is 0. The van der Waals surface area contributed by atoms with Gasteiger partial charge < -0.3 is 9.64 Å². The van der Waals surface area contributed by atoms with Gasteiger partial charge in [0.1, 0.15) is 12.4 Å². The van der Waals surface area contributed by atoms with E-state index in [0.717, 1.165) is 60.0 Å². The molecule has 0 radical (unpaired) electrons. The summed E-state index contributed by atoms with van der Waals surface area (Å²) in [5.41, 5.74) is 5.95. The fourth-order valence-electron chi connectivity index (χ4n) is 4.08. The summed E-state index contributed by atoms with van der Waals surface area (Å²) in [6, 6.07) is 16.8. The van der Waals surface area contributed by atoms with E-state index in [0.29, 0.717) is 6.61 Å². The zero-order valence-electron chi connectivity index (χ0n) is 18.6. The maximum absolute atomic E-state index is 13.0. The monoisotopic (exact) mass is 434 g/mol. The van der Waals surface area contributed by atoms with Crippen LogP contribution in [0.3, 0.4) is 0 Å². The lowest BCUT2D eigenvalue weighted by Gasteiger charge is -2.34. The van der Waals surface area contributed by atoms with Crippen LogP contribution in [-0.2, 0) is 13.2 Å². The summed E-state index contributed by atoms with van der Waals surface area (Å²) < 4.78 is 6.05. The highest BCUT2D eigenvalue weighted by Crippen LogP contribution is 2.25. The van der Waals surface area contributed by atoms with E-state index in [1.807, 2.05) is 22.4 Å². The minimum absolute atomic E-state index is 0.138. The summed E-state index contributed by atoms with van der Waals surface area (Å²) >= 11 is 1.52. The minimum atomic E-state index is 0.138. The molecule has 0 unspecified atom stereocenters. The van der Waals surface area contributed by atoms with E-state index >= 15 is 0 Å². The van der Waals surface area contributed by atoms with Crippen LogP contribution in [0.4, 0.5) is 0 Å². The highest BCUT2D eigenvalue weighted by molar-refractivity contribution is 7.12. The average molecular weight is 435 g/mol. The van der Waals surface area contributed by atoms with Gasteiger partial charge in [0, 0.05) is 38.3 Å². The van der Waals surface area contributed by atoms with Crippen LogP contribution in [0.25, 0.3) is 0 Å². The first-order chi connectivity index (χ1) is 15.0. The van der Waals surface area contributed by atoms with E-state index in [4.69, 9.17) is 4.74 Å². The third kappa shape index (κ3) is 5.35. The van der Waals surface area contributed by atoms with Crippen molar-refractivity contribution in [3.05, 3.63) is 86.6 Å². The van der Waals surface area contributed by atoms with E-state index in [1.165, 1.54) is 22.5 Å². The molecule has 4 rings (SSSR count). The first-order valence-electron chi connectivity index (χ1n) is 10.8. The van der Waals surface area contributed by atoms with Crippen molar-refractivity contribution in [2.45, 2.75) is 33.9 Å². The smallest absolute Gasteiger partial charge is 0.264 e. The molecule has 2 aromatic carbocycles. The second-order valence-electron chi connectivity index (χ2n) is 8.39. The van der Waals surface area contributed by atoms with Crippen molar-refractivity contribution in [2.75, 3.05) is 26.2 Å². The van der Waals surface area contributed by atoms with Gasteiger partial charge in [-0.25, -0.2) is 0 Å². The molecule has 0 bridgehead atoms. The standard InChI is InChI=1S/C26H30N2O2S/c1-19-6-4-9-22(14-19)16-27-10-12-28(13-11-27)26(29)24-15-23(18-31-24)17-30-25-20(2)7-5-8-21(25)3/h4-9,14-15,18H,10-13,16-17H2,1-3H3. The van der Waals surface area contributed by atoms with Crippen molar-refractivity contribution in [2.24, 2.45) is 0 Å². The molecule has 3 aromatic rings. The number of carbonyl (C=O) groups is 1. The van der Waals surface area contributed by atoms with Gasteiger partial charge in [-0.2, -0.15) is 0 Å². The number of hydrogen-bond acceptors (Lipinski definition) is 4. The predicted molar refractivity (Wildman–Crippen MR) is 127 cm³/mol. The van der Waals surface area contributed by atoms with Crippen LogP contribution in [0.2, 0.25) is 0 Å². The maximum Gasteiger partial charge on any atom is 0.264 e. The summed E-state index contributed by atoms with van der Waals surface area (Å²) in [5, 5.41) is 2.04. The molecule has 1 aliphatic rings. The zero-order chi connectivity index (χ0) is 21.8. The van der Waals surface area contributed by atoms with Gasteiger partial charge in [-0.1, -0.05) is 48.0 Å². The molecule has 1 saturated heterocycles. The molecule has 1 fully saturated rings. The van der Waals surface area contributed by atoms with E-state index in [1.54, 1.807) is 0 Å². The van der Waals surface area contributed by atoms with Crippen molar-refractivity contribution in [1.82, 2.24) is 9.80 Å². The fourth-order valence-corrected chi connectivity index (χ4v) is 4.94. The van der Waals surface area contributed by atoms with Crippen molar-refractivity contribution >= 4 is 17.2 Å². The number of amides is 1. The van der Waals surface area contributed by atoms with Crippen LogP contribution in [0.5, 0.6) is 5.75 Å². The maximum atomic E-state index is 13.0. The van der Waals surface area contributed by atoms with E-state index in [9.17, 15) is 4.79 Å². The topological polar surface area (TPSA) is 32.8 Å². The molecule has 0 spiro atoms. The number of rotatable bonds is 6. The fraction of sp³-hybridized carbons (Fsp3) is 0.346. The summed E-state index contributed by atoms with van der Waals surface area (Å²) in [4.78, 5) is 18.2. The van der Waals surface area contributed by atoms with Gasteiger partial charge in [-0.15, -0.1) is 11.3 Å². The molecule has 1 aliphatic heterocycles. The molecule has 162 valence electrons. The molecule has 2 heterocycles. The Hall–Kier alpha value is -2.63. The highest BCUT2D eigenvalue weighted by atomic mass is 32.1. The number of benzene rings is 2. The van der Waals surface area contributed by atoms with E-state index in [-0.39, 0.29) is 5.91 Å². The van der Waals surface area contributed by atoms with Gasteiger partial charge in [0.2, 0.25) is 0 Å². The number of carbonyl (C=O) groups excluding carboxylic acids is 1. The van der Waals surface area contributed by atoms with Crippen LogP contribution < -0.4 is 4.74 Å². The van der Waals surface area contributed by atoms with Crippen molar-refractivity contribution in [3.63, 3.8) is 0 Å². The normalized spacial score (nSPS) is 14.6. The van der Waals surface area contributed by atoms with Crippen LogP contribution in [0.15, 0.2) is 53.9 Å². The molecule has 0 atom stereocenters. The average Bonchev–Trinajstić information content (AvgIpc) is 3.22.